The summed E-state index contributed by atoms with van der Waals surface area (Å²) in [5.74, 6) is 0. The Kier molecular flexibility index (Phi) is 4.30. The smallest absolute Gasteiger partial charge is 0.0231 e. The van der Waals surface area contributed by atoms with Crippen LogP contribution in [0.15, 0.2) is 18.2 Å². The first kappa shape index (κ1) is 12.2. The number of nitrogens with two attached hydrogens (primary N) is 1. The van der Waals surface area contributed by atoms with Gasteiger partial charge in [0, 0.05) is 19.1 Å². The second-order valence-electron chi connectivity index (χ2n) is 4.67. The first-order chi connectivity index (χ1) is 6.97. The standard InChI is InChI=1S/C13H22N2/c1-10-5-11(2)7-13(6-10)9-15(4)8-12(3)14/h5-7,12H,8-9,14H2,1-4H3. The Morgan fingerprint density at radius 2 is 1.73 bits per heavy atom. The van der Waals surface area contributed by atoms with Crippen molar-refractivity contribution >= 4 is 0 Å². The van der Waals surface area contributed by atoms with Crippen molar-refractivity contribution < 1.29 is 0 Å². The van der Waals surface area contributed by atoms with Crippen molar-refractivity contribution in [2.75, 3.05) is 13.6 Å². The van der Waals surface area contributed by atoms with E-state index in [4.69, 9.17) is 5.73 Å². The first-order valence-corrected chi connectivity index (χ1v) is 5.48. The molecule has 2 nitrogen and oxygen atoms in total. The second-order valence-corrected chi connectivity index (χ2v) is 4.67. The summed E-state index contributed by atoms with van der Waals surface area (Å²) in [7, 11) is 2.11. The molecular weight excluding hydrogens is 184 g/mol. The molecule has 0 bridgehead atoms. The molecule has 0 heterocycles. The van der Waals surface area contributed by atoms with E-state index < -0.39 is 0 Å². The molecule has 0 saturated carbocycles. The molecule has 0 amide bonds. The number of benzene rings is 1. The maximum atomic E-state index is 5.77. The normalized spacial score (nSPS) is 13.2. The van der Waals surface area contributed by atoms with E-state index in [0.717, 1.165) is 13.1 Å². The molecule has 0 saturated heterocycles. The van der Waals surface area contributed by atoms with E-state index in [-0.39, 0.29) is 6.04 Å². The summed E-state index contributed by atoms with van der Waals surface area (Å²) in [6, 6.07) is 6.92. The van der Waals surface area contributed by atoms with Gasteiger partial charge in [-0.05, 0) is 33.4 Å². The summed E-state index contributed by atoms with van der Waals surface area (Å²) in [5.41, 5.74) is 9.80. The summed E-state index contributed by atoms with van der Waals surface area (Å²) in [6.45, 7) is 8.24. The highest BCUT2D eigenvalue weighted by molar-refractivity contribution is 5.28. The van der Waals surface area contributed by atoms with E-state index in [0.29, 0.717) is 0 Å². The Morgan fingerprint density at radius 1 is 1.20 bits per heavy atom. The number of rotatable bonds is 4. The van der Waals surface area contributed by atoms with Gasteiger partial charge in [0.15, 0.2) is 0 Å². The Balaban J connectivity index is 2.63. The number of likely N-dealkylation sites (N-methyl/N-ethyl adjacent to an activating group) is 1. The van der Waals surface area contributed by atoms with Crippen LogP contribution in [0.1, 0.15) is 23.6 Å². The molecule has 1 rings (SSSR count). The molecule has 0 aliphatic carbocycles. The monoisotopic (exact) mass is 206 g/mol. The van der Waals surface area contributed by atoms with Crippen LogP contribution in [-0.2, 0) is 6.54 Å². The predicted octanol–water partition coefficient (Wildman–Crippen LogP) is 2.08. The fourth-order valence-electron chi connectivity index (χ4n) is 2.03. The lowest BCUT2D eigenvalue weighted by Crippen LogP contribution is -2.32. The van der Waals surface area contributed by atoms with Crippen LogP contribution in [0.3, 0.4) is 0 Å². The van der Waals surface area contributed by atoms with Gasteiger partial charge in [-0.1, -0.05) is 29.3 Å². The molecule has 84 valence electrons. The van der Waals surface area contributed by atoms with Gasteiger partial charge < -0.3 is 10.6 Å². The van der Waals surface area contributed by atoms with Gasteiger partial charge in [0.1, 0.15) is 0 Å². The minimum Gasteiger partial charge on any atom is -0.327 e. The molecule has 2 N–H and O–H groups in total. The van der Waals surface area contributed by atoms with E-state index >= 15 is 0 Å². The van der Waals surface area contributed by atoms with E-state index in [1.807, 2.05) is 6.92 Å². The molecule has 1 aromatic rings. The van der Waals surface area contributed by atoms with Crippen LogP contribution in [0, 0.1) is 13.8 Å². The van der Waals surface area contributed by atoms with Crippen molar-refractivity contribution in [3.05, 3.63) is 34.9 Å². The minimum atomic E-state index is 0.237. The number of nitrogens with zero attached hydrogens (tertiary/aromatic N) is 1. The zero-order chi connectivity index (χ0) is 11.4. The second kappa shape index (κ2) is 5.29. The lowest BCUT2D eigenvalue weighted by Gasteiger charge is -2.19. The third-order valence-electron chi connectivity index (χ3n) is 2.33. The average Bonchev–Trinajstić information content (AvgIpc) is 1.98. The number of hydrogen-bond acceptors (Lipinski definition) is 2. The molecular formula is C13H22N2. The summed E-state index contributed by atoms with van der Waals surface area (Å²) in [6.07, 6.45) is 0. The zero-order valence-electron chi connectivity index (χ0n) is 10.2. The summed E-state index contributed by atoms with van der Waals surface area (Å²) >= 11 is 0. The molecule has 1 atom stereocenters. The number of hydrogen-bond donors (Lipinski definition) is 1. The van der Waals surface area contributed by atoms with Gasteiger partial charge in [-0.15, -0.1) is 0 Å². The van der Waals surface area contributed by atoms with Gasteiger partial charge in [0.05, 0.1) is 0 Å². The highest BCUT2D eigenvalue weighted by atomic mass is 15.1. The molecule has 1 aromatic carbocycles. The van der Waals surface area contributed by atoms with Crippen LogP contribution >= 0.6 is 0 Å². The van der Waals surface area contributed by atoms with E-state index in [9.17, 15) is 0 Å². The SMILES string of the molecule is Cc1cc(C)cc(CN(C)CC(C)N)c1. The maximum Gasteiger partial charge on any atom is 0.0231 e. The molecule has 0 spiro atoms. The van der Waals surface area contributed by atoms with Crippen molar-refractivity contribution in [3.63, 3.8) is 0 Å². The highest BCUT2D eigenvalue weighted by Crippen LogP contribution is 2.10. The van der Waals surface area contributed by atoms with E-state index in [1.54, 1.807) is 0 Å². The lowest BCUT2D eigenvalue weighted by atomic mass is 10.1. The molecule has 0 aromatic heterocycles. The quantitative estimate of drug-likeness (QED) is 0.817. The fourth-order valence-corrected chi connectivity index (χ4v) is 2.03. The fraction of sp³-hybridized carbons (Fsp3) is 0.538. The predicted molar refractivity (Wildman–Crippen MR) is 65.9 cm³/mol. The summed E-state index contributed by atoms with van der Waals surface area (Å²) in [5, 5.41) is 0. The van der Waals surface area contributed by atoms with Crippen molar-refractivity contribution in [3.8, 4) is 0 Å². The van der Waals surface area contributed by atoms with Gasteiger partial charge in [0.2, 0.25) is 0 Å². The molecule has 0 radical (unpaired) electrons. The van der Waals surface area contributed by atoms with Crippen LogP contribution in [0.25, 0.3) is 0 Å². The van der Waals surface area contributed by atoms with Crippen LogP contribution in [0.4, 0.5) is 0 Å². The third-order valence-corrected chi connectivity index (χ3v) is 2.33. The first-order valence-electron chi connectivity index (χ1n) is 5.48. The molecule has 0 aliphatic rings. The van der Waals surface area contributed by atoms with Gasteiger partial charge in [-0.25, -0.2) is 0 Å². The van der Waals surface area contributed by atoms with Crippen LogP contribution in [0.5, 0.6) is 0 Å². The molecule has 1 unspecified atom stereocenters. The van der Waals surface area contributed by atoms with Crippen molar-refractivity contribution in [2.24, 2.45) is 5.73 Å². The van der Waals surface area contributed by atoms with Crippen LogP contribution in [0.2, 0.25) is 0 Å². The Morgan fingerprint density at radius 3 is 2.20 bits per heavy atom. The van der Waals surface area contributed by atoms with Gasteiger partial charge in [-0.2, -0.15) is 0 Å². The van der Waals surface area contributed by atoms with E-state index in [1.165, 1.54) is 16.7 Å². The largest absolute Gasteiger partial charge is 0.327 e. The molecule has 0 fully saturated rings. The lowest BCUT2D eigenvalue weighted by molar-refractivity contribution is 0.310. The average molecular weight is 206 g/mol. The summed E-state index contributed by atoms with van der Waals surface area (Å²) in [4.78, 5) is 2.26. The maximum absolute atomic E-state index is 5.77. The molecule has 15 heavy (non-hydrogen) atoms. The Bertz CT molecular complexity index is 298. The van der Waals surface area contributed by atoms with Crippen LogP contribution < -0.4 is 5.73 Å². The topological polar surface area (TPSA) is 29.3 Å². The molecule has 2 heteroatoms. The molecule has 0 aliphatic heterocycles. The van der Waals surface area contributed by atoms with Crippen molar-refractivity contribution in [2.45, 2.75) is 33.4 Å². The zero-order valence-corrected chi connectivity index (χ0v) is 10.2. The Hall–Kier alpha value is -0.860. The van der Waals surface area contributed by atoms with Gasteiger partial charge in [-0.3, -0.25) is 0 Å². The minimum absolute atomic E-state index is 0.237. The third kappa shape index (κ3) is 4.45. The highest BCUT2D eigenvalue weighted by Gasteiger charge is 2.03. The summed E-state index contributed by atoms with van der Waals surface area (Å²) < 4.78 is 0. The van der Waals surface area contributed by atoms with Gasteiger partial charge >= 0.3 is 0 Å². The van der Waals surface area contributed by atoms with Crippen LogP contribution in [-0.4, -0.2) is 24.5 Å². The Labute approximate surface area is 93.1 Å². The van der Waals surface area contributed by atoms with E-state index in [2.05, 4.69) is 44.0 Å². The number of aryl methyl sites for hydroxylation is 2. The van der Waals surface area contributed by atoms with Crippen molar-refractivity contribution in [1.29, 1.82) is 0 Å². The van der Waals surface area contributed by atoms with Crippen molar-refractivity contribution in [1.82, 2.24) is 4.90 Å². The van der Waals surface area contributed by atoms with Gasteiger partial charge in [0.25, 0.3) is 0 Å².